The Morgan fingerprint density at radius 3 is 2.62 bits per heavy atom. The highest BCUT2D eigenvalue weighted by Crippen LogP contribution is 2.30. The number of nitrogens with one attached hydrogen (secondary N) is 1. The zero-order valence-electron chi connectivity index (χ0n) is 12.4. The number of nitrogens with zero attached hydrogens (tertiary/aromatic N) is 1. The van der Waals surface area contributed by atoms with Crippen LogP contribution in [0.2, 0.25) is 0 Å². The molecule has 0 spiro atoms. The van der Waals surface area contributed by atoms with Gasteiger partial charge >= 0.3 is 0 Å². The van der Waals surface area contributed by atoms with Crippen molar-refractivity contribution in [2.24, 2.45) is 0 Å². The van der Waals surface area contributed by atoms with Crippen molar-refractivity contribution < 1.29 is 9.90 Å². The highest BCUT2D eigenvalue weighted by atomic mass is 16.3. The van der Waals surface area contributed by atoms with Crippen LogP contribution in [-0.4, -0.2) is 35.7 Å². The number of carbonyl (C=O) groups is 1. The van der Waals surface area contributed by atoms with E-state index in [1.165, 1.54) is 5.69 Å². The van der Waals surface area contributed by atoms with Crippen LogP contribution in [-0.2, 0) is 4.79 Å². The van der Waals surface area contributed by atoms with Crippen molar-refractivity contribution in [3.63, 3.8) is 0 Å². The van der Waals surface area contributed by atoms with Crippen LogP contribution >= 0.6 is 0 Å². The quantitative estimate of drug-likeness (QED) is 0.895. The summed E-state index contributed by atoms with van der Waals surface area (Å²) in [7, 11) is 0. The topological polar surface area (TPSA) is 52.6 Å². The number of aliphatic hydroxyl groups is 1. The van der Waals surface area contributed by atoms with Crippen LogP contribution in [0.25, 0.3) is 0 Å². The molecule has 1 saturated carbocycles. The van der Waals surface area contributed by atoms with Gasteiger partial charge in [-0.1, -0.05) is 18.2 Å². The van der Waals surface area contributed by atoms with E-state index in [2.05, 4.69) is 22.3 Å². The van der Waals surface area contributed by atoms with Crippen LogP contribution < -0.4 is 10.2 Å². The van der Waals surface area contributed by atoms with Gasteiger partial charge in [-0.25, -0.2) is 0 Å². The van der Waals surface area contributed by atoms with Crippen molar-refractivity contribution in [2.45, 2.75) is 50.2 Å². The van der Waals surface area contributed by atoms with E-state index >= 15 is 0 Å². The van der Waals surface area contributed by atoms with E-state index in [1.807, 2.05) is 18.2 Å². The van der Waals surface area contributed by atoms with Gasteiger partial charge in [0.1, 0.15) is 5.60 Å². The number of carbonyl (C=O) groups excluding carboxylic acids is 1. The van der Waals surface area contributed by atoms with Crippen molar-refractivity contribution in [1.29, 1.82) is 0 Å². The number of hydrogen-bond donors (Lipinski definition) is 2. The van der Waals surface area contributed by atoms with Crippen molar-refractivity contribution in [3.8, 4) is 0 Å². The molecular weight excluding hydrogens is 264 g/mol. The number of para-hydroxylation sites is 1. The van der Waals surface area contributed by atoms with E-state index in [9.17, 15) is 9.90 Å². The predicted octanol–water partition coefficient (Wildman–Crippen LogP) is 2.08. The Bertz CT molecular complexity index is 483. The fourth-order valence-electron chi connectivity index (χ4n) is 3.47. The van der Waals surface area contributed by atoms with Crippen LogP contribution in [0.3, 0.4) is 0 Å². The molecule has 1 aliphatic heterocycles. The zero-order chi connectivity index (χ0) is 14.7. The zero-order valence-corrected chi connectivity index (χ0v) is 12.4. The summed E-state index contributed by atoms with van der Waals surface area (Å²) in [5.74, 6) is -0.167. The third-order valence-corrected chi connectivity index (χ3v) is 4.73. The first-order valence-corrected chi connectivity index (χ1v) is 8.01. The summed E-state index contributed by atoms with van der Waals surface area (Å²) in [6.45, 7) is 1.85. The minimum Gasteiger partial charge on any atom is -0.380 e. The second-order valence-electron chi connectivity index (χ2n) is 6.33. The molecule has 21 heavy (non-hydrogen) atoms. The Morgan fingerprint density at radius 1 is 1.19 bits per heavy atom. The van der Waals surface area contributed by atoms with E-state index in [0.717, 1.165) is 38.8 Å². The smallest absolute Gasteiger partial charge is 0.252 e. The molecule has 1 saturated heterocycles. The van der Waals surface area contributed by atoms with Crippen molar-refractivity contribution in [1.82, 2.24) is 5.32 Å². The van der Waals surface area contributed by atoms with E-state index in [0.29, 0.717) is 12.8 Å². The fraction of sp³-hybridized carbons (Fsp3) is 0.588. The lowest BCUT2D eigenvalue weighted by Crippen LogP contribution is -2.53. The third kappa shape index (κ3) is 3.21. The molecule has 1 unspecified atom stereocenters. The molecule has 1 aromatic rings. The van der Waals surface area contributed by atoms with E-state index in [-0.39, 0.29) is 11.9 Å². The van der Waals surface area contributed by atoms with Gasteiger partial charge in [0, 0.05) is 24.8 Å². The Morgan fingerprint density at radius 2 is 1.90 bits per heavy atom. The molecule has 2 fully saturated rings. The van der Waals surface area contributed by atoms with Gasteiger partial charge in [0.15, 0.2) is 0 Å². The molecule has 1 atom stereocenters. The number of piperidine rings is 1. The molecular formula is C17H24N2O2. The molecule has 1 heterocycles. The molecule has 0 radical (unpaired) electrons. The minimum atomic E-state index is -1.12. The maximum absolute atomic E-state index is 12.3. The average molecular weight is 288 g/mol. The summed E-state index contributed by atoms with van der Waals surface area (Å²) in [4.78, 5) is 14.6. The average Bonchev–Trinajstić information content (AvgIpc) is 2.97. The third-order valence-electron chi connectivity index (χ3n) is 4.73. The number of anilines is 1. The summed E-state index contributed by atoms with van der Waals surface area (Å²) in [5, 5.41) is 13.4. The summed E-state index contributed by atoms with van der Waals surface area (Å²) in [6.07, 6.45) is 5.17. The highest BCUT2D eigenvalue weighted by Gasteiger charge is 2.39. The predicted molar refractivity (Wildman–Crippen MR) is 83.2 cm³/mol. The largest absolute Gasteiger partial charge is 0.380 e. The van der Waals surface area contributed by atoms with Gasteiger partial charge in [0.25, 0.3) is 5.91 Å². The van der Waals surface area contributed by atoms with E-state index < -0.39 is 5.60 Å². The second-order valence-corrected chi connectivity index (χ2v) is 6.33. The Hall–Kier alpha value is -1.55. The van der Waals surface area contributed by atoms with Crippen LogP contribution in [0.1, 0.15) is 38.5 Å². The molecule has 4 heteroatoms. The lowest BCUT2D eigenvalue weighted by molar-refractivity contribution is -0.140. The summed E-state index contributed by atoms with van der Waals surface area (Å²) < 4.78 is 0. The second kappa shape index (κ2) is 6.06. The Balaban J connectivity index is 1.60. The number of amides is 1. The molecule has 1 aliphatic carbocycles. The lowest BCUT2D eigenvalue weighted by atomic mass is 9.99. The van der Waals surface area contributed by atoms with Gasteiger partial charge in [-0.2, -0.15) is 0 Å². The molecule has 1 aromatic carbocycles. The maximum atomic E-state index is 12.3. The molecule has 0 aromatic heterocycles. The van der Waals surface area contributed by atoms with Gasteiger partial charge < -0.3 is 15.3 Å². The molecule has 1 amide bonds. The first kappa shape index (κ1) is 14.4. The van der Waals surface area contributed by atoms with Crippen molar-refractivity contribution in [3.05, 3.63) is 30.3 Å². The fourth-order valence-corrected chi connectivity index (χ4v) is 3.47. The highest BCUT2D eigenvalue weighted by molar-refractivity contribution is 5.85. The number of hydrogen-bond acceptors (Lipinski definition) is 3. The van der Waals surface area contributed by atoms with E-state index in [1.54, 1.807) is 0 Å². The number of rotatable bonds is 3. The van der Waals surface area contributed by atoms with E-state index in [4.69, 9.17) is 0 Å². The SMILES string of the molecule is O=C(NC1CCCN(c2ccccc2)C1)C1(O)CCCC1. The van der Waals surface area contributed by atoms with Crippen molar-refractivity contribution in [2.75, 3.05) is 18.0 Å². The van der Waals surface area contributed by atoms with Gasteiger partial charge in [0.2, 0.25) is 0 Å². The Kier molecular flexibility index (Phi) is 4.15. The lowest BCUT2D eigenvalue weighted by Gasteiger charge is -2.36. The van der Waals surface area contributed by atoms with Crippen LogP contribution in [0.15, 0.2) is 30.3 Å². The normalized spacial score (nSPS) is 24.8. The van der Waals surface area contributed by atoms with Crippen LogP contribution in [0.4, 0.5) is 5.69 Å². The maximum Gasteiger partial charge on any atom is 0.252 e. The first-order valence-electron chi connectivity index (χ1n) is 8.01. The summed E-state index contributed by atoms with van der Waals surface area (Å²) in [5.41, 5.74) is 0.0886. The standard InChI is InChI=1S/C17H24N2O2/c20-16(17(21)10-4-5-11-17)18-14-7-6-12-19(13-14)15-8-2-1-3-9-15/h1-3,8-9,14,21H,4-7,10-13H2,(H,18,20). The summed E-state index contributed by atoms with van der Waals surface area (Å²) >= 11 is 0. The molecule has 114 valence electrons. The molecule has 4 nitrogen and oxygen atoms in total. The van der Waals surface area contributed by atoms with Crippen molar-refractivity contribution >= 4 is 11.6 Å². The molecule has 2 N–H and O–H groups in total. The molecule has 0 bridgehead atoms. The van der Waals surface area contributed by atoms with Crippen LogP contribution in [0.5, 0.6) is 0 Å². The van der Waals surface area contributed by atoms with Gasteiger partial charge in [-0.15, -0.1) is 0 Å². The minimum absolute atomic E-state index is 0.135. The summed E-state index contributed by atoms with van der Waals surface area (Å²) in [6, 6.07) is 10.4. The van der Waals surface area contributed by atoms with Crippen LogP contribution in [0, 0.1) is 0 Å². The molecule has 3 rings (SSSR count). The molecule has 2 aliphatic rings. The monoisotopic (exact) mass is 288 g/mol. The number of benzene rings is 1. The van der Waals surface area contributed by atoms with Gasteiger partial charge in [-0.05, 0) is 50.7 Å². The van der Waals surface area contributed by atoms with Gasteiger partial charge in [0.05, 0.1) is 0 Å². The van der Waals surface area contributed by atoms with Gasteiger partial charge in [-0.3, -0.25) is 4.79 Å². The first-order chi connectivity index (χ1) is 10.2. The Labute approximate surface area is 126 Å².